The molecular weight excluding hydrogens is 316 g/mol. The van der Waals surface area contributed by atoms with E-state index in [0.29, 0.717) is 6.61 Å². The number of nitrogens with one attached hydrogen (secondary N) is 1. The minimum absolute atomic E-state index is 0.211. The van der Waals surface area contributed by atoms with Crippen molar-refractivity contribution >= 4 is 11.3 Å². The number of ether oxygens (including phenoxy) is 1. The summed E-state index contributed by atoms with van der Waals surface area (Å²) in [5.41, 5.74) is 3.42. The fourth-order valence-corrected chi connectivity index (χ4v) is 3.36. The van der Waals surface area contributed by atoms with Gasteiger partial charge in [0, 0.05) is 17.5 Å². The molecule has 3 aromatic rings. The minimum atomic E-state index is 0.211. The van der Waals surface area contributed by atoms with Gasteiger partial charge in [-0.05, 0) is 31.5 Å². The third-order valence-corrected chi connectivity index (χ3v) is 4.81. The summed E-state index contributed by atoms with van der Waals surface area (Å²) in [7, 11) is 0. The van der Waals surface area contributed by atoms with Crippen molar-refractivity contribution in [1.29, 1.82) is 0 Å². The molecule has 0 fully saturated rings. The number of nitrogens with zero attached hydrogens (tertiary/aromatic N) is 1. The fourth-order valence-electron chi connectivity index (χ4n) is 2.50. The lowest BCUT2D eigenvalue weighted by Crippen LogP contribution is -2.18. The van der Waals surface area contributed by atoms with Crippen molar-refractivity contribution in [3.05, 3.63) is 70.5 Å². The number of hydrogen-bond donors (Lipinski definition) is 1. The molecule has 2 aromatic carbocycles. The van der Waals surface area contributed by atoms with Crippen molar-refractivity contribution in [2.45, 2.75) is 26.4 Å². The average molecular weight is 338 g/mol. The lowest BCUT2D eigenvalue weighted by atomic mass is 10.2. The van der Waals surface area contributed by atoms with Gasteiger partial charge in [-0.2, -0.15) is 0 Å². The predicted octanol–water partition coefficient (Wildman–Crippen LogP) is 5.06. The molecule has 124 valence electrons. The van der Waals surface area contributed by atoms with E-state index in [-0.39, 0.29) is 6.04 Å². The Balaban J connectivity index is 1.62. The van der Waals surface area contributed by atoms with Crippen LogP contribution in [0.3, 0.4) is 0 Å². The highest BCUT2D eigenvalue weighted by Crippen LogP contribution is 2.25. The molecular formula is C20H22N2OS. The summed E-state index contributed by atoms with van der Waals surface area (Å²) in [5.74, 6) is 0.921. The van der Waals surface area contributed by atoms with Gasteiger partial charge in [-0.25, -0.2) is 4.98 Å². The Kier molecular flexibility index (Phi) is 5.62. The number of thiazole rings is 1. The molecule has 1 heterocycles. The Labute approximate surface area is 147 Å². The molecule has 0 spiro atoms. The second-order valence-corrected chi connectivity index (χ2v) is 6.51. The molecule has 3 nitrogen and oxygen atoms in total. The Morgan fingerprint density at radius 1 is 1.12 bits per heavy atom. The van der Waals surface area contributed by atoms with Gasteiger partial charge in [-0.3, -0.25) is 0 Å². The quantitative estimate of drug-likeness (QED) is 0.654. The van der Waals surface area contributed by atoms with E-state index in [9.17, 15) is 0 Å². The second kappa shape index (κ2) is 8.08. The highest BCUT2D eigenvalue weighted by Gasteiger charge is 2.11. The highest BCUT2D eigenvalue weighted by atomic mass is 32.1. The molecule has 4 heteroatoms. The highest BCUT2D eigenvalue weighted by molar-refractivity contribution is 7.10. The van der Waals surface area contributed by atoms with Crippen molar-refractivity contribution in [3.63, 3.8) is 0 Å². The zero-order chi connectivity index (χ0) is 16.8. The lowest BCUT2D eigenvalue weighted by molar-refractivity contribution is 0.339. The van der Waals surface area contributed by atoms with Crippen molar-refractivity contribution in [2.24, 2.45) is 0 Å². The third-order valence-electron chi connectivity index (χ3n) is 3.78. The average Bonchev–Trinajstić information content (AvgIpc) is 3.11. The number of benzene rings is 2. The van der Waals surface area contributed by atoms with Crippen LogP contribution < -0.4 is 10.1 Å². The zero-order valence-electron chi connectivity index (χ0n) is 14.0. The van der Waals surface area contributed by atoms with Crippen molar-refractivity contribution in [1.82, 2.24) is 10.3 Å². The van der Waals surface area contributed by atoms with Crippen LogP contribution in [0.1, 0.15) is 30.5 Å². The Hall–Kier alpha value is -2.17. The normalized spacial score (nSPS) is 12.1. The van der Waals surface area contributed by atoms with Crippen LogP contribution in [-0.4, -0.2) is 11.6 Å². The van der Waals surface area contributed by atoms with Gasteiger partial charge in [0.05, 0.1) is 18.3 Å². The van der Waals surface area contributed by atoms with Crippen LogP contribution in [0.25, 0.3) is 11.3 Å². The first kappa shape index (κ1) is 16.7. The van der Waals surface area contributed by atoms with Gasteiger partial charge >= 0.3 is 0 Å². The second-order valence-electron chi connectivity index (χ2n) is 5.62. The summed E-state index contributed by atoms with van der Waals surface area (Å²) in [6.45, 7) is 5.64. The van der Waals surface area contributed by atoms with E-state index in [1.165, 1.54) is 5.56 Å². The maximum Gasteiger partial charge on any atom is 0.119 e. The molecule has 0 radical (unpaired) electrons. The van der Waals surface area contributed by atoms with Gasteiger partial charge in [-0.15, -0.1) is 11.3 Å². The van der Waals surface area contributed by atoms with Gasteiger partial charge in [0.15, 0.2) is 0 Å². The Morgan fingerprint density at radius 3 is 2.75 bits per heavy atom. The monoisotopic (exact) mass is 338 g/mol. The van der Waals surface area contributed by atoms with Crippen LogP contribution >= 0.6 is 11.3 Å². The van der Waals surface area contributed by atoms with Crippen LogP contribution in [0, 0.1) is 0 Å². The van der Waals surface area contributed by atoms with E-state index in [1.54, 1.807) is 11.3 Å². The topological polar surface area (TPSA) is 34.1 Å². The summed E-state index contributed by atoms with van der Waals surface area (Å²) < 4.78 is 5.55. The molecule has 1 N–H and O–H groups in total. The molecule has 0 bridgehead atoms. The lowest BCUT2D eigenvalue weighted by Gasteiger charge is -2.12. The van der Waals surface area contributed by atoms with E-state index in [0.717, 1.165) is 28.6 Å². The third kappa shape index (κ3) is 4.22. The van der Waals surface area contributed by atoms with Crippen LogP contribution in [0.15, 0.2) is 60.0 Å². The van der Waals surface area contributed by atoms with Gasteiger partial charge in [0.1, 0.15) is 10.8 Å². The maximum absolute atomic E-state index is 5.55. The van der Waals surface area contributed by atoms with Crippen molar-refractivity contribution < 1.29 is 4.74 Å². The molecule has 1 atom stereocenters. The van der Waals surface area contributed by atoms with Crippen LogP contribution in [0.4, 0.5) is 0 Å². The Morgan fingerprint density at radius 2 is 1.96 bits per heavy atom. The smallest absolute Gasteiger partial charge is 0.119 e. The van der Waals surface area contributed by atoms with E-state index in [4.69, 9.17) is 9.72 Å². The molecule has 3 rings (SSSR count). The first-order chi connectivity index (χ1) is 11.8. The summed E-state index contributed by atoms with van der Waals surface area (Å²) in [6, 6.07) is 18.7. The van der Waals surface area contributed by atoms with Gasteiger partial charge in [0.25, 0.3) is 0 Å². The molecule has 24 heavy (non-hydrogen) atoms. The van der Waals surface area contributed by atoms with E-state index < -0.39 is 0 Å². The van der Waals surface area contributed by atoms with Crippen LogP contribution in [-0.2, 0) is 6.54 Å². The van der Waals surface area contributed by atoms with Gasteiger partial charge < -0.3 is 10.1 Å². The van der Waals surface area contributed by atoms with Crippen LogP contribution in [0.2, 0.25) is 0 Å². The summed E-state index contributed by atoms with van der Waals surface area (Å²) >= 11 is 1.70. The summed E-state index contributed by atoms with van der Waals surface area (Å²) in [5, 5.41) is 6.77. The summed E-state index contributed by atoms with van der Waals surface area (Å²) in [6.07, 6.45) is 0. The van der Waals surface area contributed by atoms with Gasteiger partial charge in [0.2, 0.25) is 0 Å². The summed E-state index contributed by atoms with van der Waals surface area (Å²) in [4.78, 5) is 4.77. The van der Waals surface area contributed by atoms with E-state index in [2.05, 4.69) is 41.9 Å². The van der Waals surface area contributed by atoms with Crippen LogP contribution in [0.5, 0.6) is 5.75 Å². The first-order valence-corrected chi connectivity index (χ1v) is 9.10. The SMILES string of the molecule is CCOc1cccc(CNC(C)c2nc(-c3ccccc3)cs2)c1. The molecule has 0 saturated heterocycles. The molecule has 0 amide bonds. The maximum atomic E-state index is 5.55. The standard InChI is InChI=1S/C20H22N2OS/c1-3-23-18-11-7-8-16(12-18)13-21-15(2)20-22-19(14-24-20)17-9-5-4-6-10-17/h4-12,14-15,21H,3,13H2,1-2H3. The molecule has 0 saturated carbocycles. The molecule has 0 aliphatic rings. The first-order valence-electron chi connectivity index (χ1n) is 8.22. The molecule has 1 unspecified atom stereocenters. The molecule has 0 aliphatic carbocycles. The predicted molar refractivity (Wildman–Crippen MR) is 100 cm³/mol. The fraction of sp³-hybridized carbons (Fsp3) is 0.250. The Bertz CT molecular complexity index is 770. The van der Waals surface area contributed by atoms with E-state index >= 15 is 0 Å². The molecule has 0 aliphatic heterocycles. The number of rotatable bonds is 7. The largest absolute Gasteiger partial charge is 0.494 e. The minimum Gasteiger partial charge on any atom is -0.494 e. The number of aromatic nitrogens is 1. The van der Waals surface area contributed by atoms with Gasteiger partial charge in [-0.1, -0.05) is 42.5 Å². The molecule has 1 aromatic heterocycles. The van der Waals surface area contributed by atoms with Crippen molar-refractivity contribution in [2.75, 3.05) is 6.61 Å². The number of hydrogen-bond acceptors (Lipinski definition) is 4. The van der Waals surface area contributed by atoms with E-state index in [1.807, 2.05) is 37.3 Å². The zero-order valence-corrected chi connectivity index (χ0v) is 14.8. The van der Waals surface area contributed by atoms with Crippen molar-refractivity contribution in [3.8, 4) is 17.0 Å².